The highest BCUT2D eigenvalue weighted by Crippen LogP contribution is 2.23. The van der Waals surface area contributed by atoms with Crippen LogP contribution < -0.4 is 15.8 Å². The van der Waals surface area contributed by atoms with Crippen molar-refractivity contribution in [3.05, 3.63) is 47.3 Å². The van der Waals surface area contributed by atoms with Gasteiger partial charge in [-0.15, -0.1) is 0 Å². The third-order valence-electron chi connectivity index (χ3n) is 3.36. The topological polar surface area (TPSA) is 73.1 Å². The van der Waals surface area contributed by atoms with E-state index in [4.69, 9.17) is 10.5 Å². The number of methoxy groups -OCH3 is 1. The van der Waals surface area contributed by atoms with Gasteiger partial charge in [-0.2, -0.15) is 0 Å². The van der Waals surface area contributed by atoms with Crippen LogP contribution in [0, 0.1) is 6.92 Å². The molecule has 3 N–H and O–H groups in total. The summed E-state index contributed by atoms with van der Waals surface area (Å²) in [6.07, 6.45) is 4.43. The van der Waals surface area contributed by atoms with Crippen LogP contribution >= 0.6 is 0 Å². The lowest BCUT2D eigenvalue weighted by Gasteiger charge is -2.20. The molecule has 0 aliphatic rings. The standard InChI is InChI=1S/C16H22N4O/c1-4-18-14(13-7-11(2)9-20-16(13)17)8-12-5-6-15(21-3)19-10-12/h5-7,9-10,14,18H,4,8H2,1-3H3,(H2,17,20). The Kier molecular flexibility index (Phi) is 5.11. The average molecular weight is 286 g/mol. The molecule has 5 heteroatoms. The first-order valence-electron chi connectivity index (χ1n) is 7.08. The molecule has 2 aromatic heterocycles. The van der Waals surface area contributed by atoms with Crippen molar-refractivity contribution in [2.24, 2.45) is 0 Å². The smallest absolute Gasteiger partial charge is 0.212 e. The van der Waals surface area contributed by atoms with Gasteiger partial charge in [-0.25, -0.2) is 9.97 Å². The lowest BCUT2D eigenvalue weighted by molar-refractivity contribution is 0.397. The van der Waals surface area contributed by atoms with E-state index in [9.17, 15) is 0 Å². The Morgan fingerprint density at radius 2 is 2.10 bits per heavy atom. The summed E-state index contributed by atoms with van der Waals surface area (Å²) in [7, 11) is 1.61. The van der Waals surface area contributed by atoms with Crippen LogP contribution in [0.25, 0.3) is 0 Å². The molecule has 0 fully saturated rings. The molecule has 0 amide bonds. The zero-order chi connectivity index (χ0) is 15.2. The molecule has 0 radical (unpaired) electrons. The van der Waals surface area contributed by atoms with E-state index < -0.39 is 0 Å². The van der Waals surface area contributed by atoms with Crippen molar-refractivity contribution in [1.29, 1.82) is 0 Å². The van der Waals surface area contributed by atoms with Gasteiger partial charge in [-0.3, -0.25) is 0 Å². The number of rotatable bonds is 6. The van der Waals surface area contributed by atoms with Crippen LogP contribution in [0.5, 0.6) is 5.88 Å². The molecule has 0 saturated carbocycles. The van der Waals surface area contributed by atoms with Crippen molar-refractivity contribution < 1.29 is 4.74 Å². The van der Waals surface area contributed by atoms with Crippen LogP contribution in [-0.2, 0) is 6.42 Å². The van der Waals surface area contributed by atoms with Gasteiger partial charge in [-0.1, -0.05) is 13.0 Å². The average Bonchev–Trinajstić information content (AvgIpc) is 2.50. The number of nitrogens with two attached hydrogens (primary N) is 1. The van der Waals surface area contributed by atoms with Gasteiger partial charge >= 0.3 is 0 Å². The van der Waals surface area contributed by atoms with Crippen molar-refractivity contribution in [3.63, 3.8) is 0 Å². The molecule has 0 aliphatic heterocycles. The minimum Gasteiger partial charge on any atom is -0.481 e. The highest BCUT2D eigenvalue weighted by molar-refractivity contribution is 5.43. The Morgan fingerprint density at radius 1 is 1.29 bits per heavy atom. The van der Waals surface area contributed by atoms with Gasteiger partial charge in [0.2, 0.25) is 5.88 Å². The van der Waals surface area contributed by atoms with E-state index in [-0.39, 0.29) is 6.04 Å². The Bertz CT molecular complexity index is 583. The van der Waals surface area contributed by atoms with E-state index in [1.54, 1.807) is 13.3 Å². The van der Waals surface area contributed by atoms with Crippen molar-refractivity contribution in [1.82, 2.24) is 15.3 Å². The summed E-state index contributed by atoms with van der Waals surface area (Å²) in [6.45, 7) is 4.97. The second-order valence-corrected chi connectivity index (χ2v) is 5.01. The number of aryl methyl sites for hydroxylation is 1. The number of nitrogen functional groups attached to an aromatic ring is 1. The van der Waals surface area contributed by atoms with Crippen molar-refractivity contribution >= 4 is 5.82 Å². The fourth-order valence-corrected chi connectivity index (χ4v) is 2.31. The fraction of sp³-hybridized carbons (Fsp3) is 0.375. The van der Waals surface area contributed by atoms with Gasteiger partial charge < -0.3 is 15.8 Å². The first kappa shape index (κ1) is 15.3. The summed E-state index contributed by atoms with van der Waals surface area (Å²) < 4.78 is 5.08. The van der Waals surface area contributed by atoms with Gasteiger partial charge in [-0.05, 0) is 37.1 Å². The monoisotopic (exact) mass is 286 g/mol. The quantitative estimate of drug-likeness (QED) is 0.852. The molecule has 1 atom stereocenters. The minimum atomic E-state index is 0.123. The summed E-state index contributed by atoms with van der Waals surface area (Å²) >= 11 is 0. The molecule has 0 saturated heterocycles. The molecule has 0 aromatic carbocycles. The maximum absolute atomic E-state index is 6.03. The first-order valence-corrected chi connectivity index (χ1v) is 7.08. The molecule has 21 heavy (non-hydrogen) atoms. The number of hydrogen-bond acceptors (Lipinski definition) is 5. The van der Waals surface area contributed by atoms with E-state index in [0.717, 1.165) is 29.7 Å². The first-order chi connectivity index (χ1) is 10.1. The number of hydrogen-bond donors (Lipinski definition) is 2. The van der Waals surface area contributed by atoms with E-state index >= 15 is 0 Å². The second-order valence-electron chi connectivity index (χ2n) is 5.01. The van der Waals surface area contributed by atoms with Crippen LogP contribution in [0.3, 0.4) is 0 Å². The van der Waals surface area contributed by atoms with Crippen molar-refractivity contribution in [3.8, 4) is 5.88 Å². The van der Waals surface area contributed by atoms with Gasteiger partial charge in [0.25, 0.3) is 0 Å². The molecule has 0 bridgehead atoms. The number of nitrogens with one attached hydrogen (secondary N) is 1. The molecule has 0 aliphatic carbocycles. The number of pyridine rings is 2. The lowest BCUT2D eigenvalue weighted by Crippen LogP contribution is -2.24. The number of aromatic nitrogens is 2. The second kappa shape index (κ2) is 7.04. The van der Waals surface area contributed by atoms with E-state index in [0.29, 0.717) is 11.7 Å². The van der Waals surface area contributed by atoms with Gasteiger partial charge in [0, 0.05) is 30.1 Å². The van der Waals surface area contributed by atoms with Gasteiger partial charge in [0.15, 0.2) is 0 Å². The largest absolute Gasteiger partial charge is 0.481 e. The summed E-state index contributed by atoms with van der Waals surface area (Å²) in [5.41, 5.74) is 9.30. The molecule has 0 spiro atoms. The molecule has 112 valence electrons. The van der Waals surface area contributed by atoms with E-state index in [1.807, 2.05) is 25.3 Å². The zero-order valence-electron chi connectivity index (χ0n) is 12.8. The Labute approximate surface area is 125 Å². The molecule has 2 rings (SSSR count). The fourth-order valence-electron chi connectivity index (χ4n) is 2.31. The SMILES string of the molecule is CCNC(Cc1ccc(OC)nc1)c1cc(C)cnc1N. The molecule has 1 unspecified atom stereocenters. The van der Waals surface area contributed by atoms with Crippen LogP contribution in [-0.4, -0.2) is 23.6 Å². The normalized spacial score (nSPS) is 12.1. The number of nitrogens with zero attached hydrogens (tertiary/aromatic N) is 2. The summed E-state index contributed by atoms with van der Waals surface area (Å²) in [4.78, 5) is 8.50. The Hall–Kier alpha value is -2.14. The summed E-state index contributed by atoms with van der Waals surface area (Å²) in [5, 5.41) is 3.47. The van der Waals surface area contributed by atoms with Crippen molar-refractivity contribution in [2.75, 3.05) is 19.4 Å². The predicted molar refractivity (Wildman–Crippen MR) is 84.3 cm³/mol. The predicted octanol–water partition coefficient (Wildman–Crippen LogP) is 2.27. The number of likely N-dealkylation sites (N-methyl/N-ethyl adjacent to an activating group) is 1. The summed E-state index contributed by atoms with van der Waals surface area (Å²) in [6, 6.07) is 6.11. The van der Waals surface area contributed by atoms with Gasteiger partial charge in [0.1, 0.15) is 5.82 Å². The van der Waals surface area contributed by atoms with Crippen LogP contribution in [0.4, 0.5) is 5.82 Å². The third-order valence-corrected chi connectivity index (χ3v) is 3.36. The summed E-state index contributed by atoms with van der Waals surface area (Å²) in [5.74, 6) is 1.20. The maximum atomic E-state index is 6.03. The van der Waals surface area contributed by atoms with Crippen LogP contribution in [0.15, 0.2) is 30.6 Å². The molecule has 5 nitrogen and oxygen atoms in total. The van der Waals surface area contributed by atoms with Crippen LogP contribution in [0.1, 0.15) is 29.7 Å². The van der Waals surface area contributed by atoms with Gasteiger partial charge in [0.05, 0.1) is 7.11 Å². The Balaban J connectivity index is 2.23. The van der Waals surface area contributed by atoms with Crippen LogP contribution in [0.2, 0.25) is 0 Å². The van der Waals surface area contributed by atoms with E-state index in [1.165, 1.54) is 0 Å². The molecular weight excluding hydrogens is 264 g/mol. The lowest BCUT2D eigenvalue weighted by atomic mass is 9.99. The number of anilines is 1. The minimum absolute atomic E-state index is 0.123. The highest BCUT2D eigenvalue weighted by atomic mass is 16.5. The van der Waals surface area contributed by atoms with Crippen molar-refractivity contribution in [2.45, 2.75) is 26.3 Å². The maximum Gasteiger partial charge on any atom is 0.212 e. The molecule has 2 aromatic rings. The third kappa shape index (κ3) is 3.92. The van der Waals surface area contributed by atoms with E-state index in [2.05, 4.69) is 28.3 Å². The molecular formula is C16H22N4O. The Morgan fingerprint density at radius 3 is 2.71 bits per heavy atom. The number of ether oxygens (including phenoxy) is 1. The molecule has 2 heterocycles. The zero-order valence-corrected chi connectivity index (χ0v) is 12.8. The highest BCUT2D eigenvalue weighted by Gasteiger charge is 2.15.